The molecule has 1 aromatic rings. The summed E-state index contributed by atoms with van der Waals surface area (Å²) >= 11 is 0. The fourth-order valence-electron chi connectivity index (χ4n) is 3.49. The number of benzene rings is 1. The molecule has 0 amide bonds. The molecule has 1 fully saturated rings. The second-order valence-electron chi connectivity index (χ2n) is 6.92. The first-order chi connectivity index (χ1) is 10.1. The lowest BCUT2D eigenvalue weighted by Gasteiger charge is -2.38. The van der Waals surface area contributed by atoms with Gasteiger partial charge in [-0.05, 0) is 49.1 Å². The summed E-state index contributed by atoms with van der Waals surface area (Å²) in [6, 6.07) is 8.95. The van der Waals surface area contributed by atoms with Crippen LogP contribution in [0.25, 0.3) is 0 Å². The van der Waals surface area contributed by atoms with Crippen molar-refractivity contribution in [1.29, 1.82) is 0 Å². The van der Waals surface area contributed by atoms with Gasteiger partial charge in [0.05, 0.1) is 12.3 Å². The highest BCUT2D eigenvalue weighted by Gasteiger charge is 2.30. The Morgan fingerprint density at radius 1 is 1.24 bits per heavy atom. The van der Waals surface area contributed by atoms with Crippen molar-refractivity contribution in [2.75, 3.05) is 11.9 Å². The molecule has 1 aliphatic carbocycles. The maximum absolute atomic E-state index is 5.89. The Morgan fingerprint density at radius 3 is 2.71 bits per heavy atom. The van der Waals surface area contributed by atoms with Crippen LogP contribution in [0.15, 0.2) is 24.3 Å². The third-order valence-corrected chi connectivity index (χ3v) is 4.71. The van der Waals surface area contributed by atoms with Crippen LogP contribution in [0.1, 0.15) is 53.4 Å². The molecule has 1 saturated carbocycles. The molecular weight excluding hydrogens is 258 g/mol. The normalized spacial score (nSPS) is 25.9. The minimum Gasteiger partial charge on any atom is -0.491 e. The van der Waals surface area contributed by atoms with E-state index in [0.29, 0.717) is 6.04 Å². The van der Waals surface area contributed by atoms with Crippen LogP contribution in [0.2, 0.25) is 0 Å². The summed E-state index contributed by atoms with van der Waals surface area (Å²) < 4.78 is 5.89. The molecule has 21 heavy (non-hydrogen) atoms. The van der Waals surface area contributed by atoms with E-state index in [2.05, 4.69) is 57.3 Å². The molecule has 0 heterocycles. The molecular formula is C19H31NO. The zero-order valence-corrected chi connectivity index (χ0v) is 14.1. The predicted octanol–water partition coefficient (Wildman–Crippen LogP) is 5.35. The van der Waals surface area contributed by atoms with Gasteiger partial charge in [0, 0.05) is 6.04 Å². The maximum Gasteiger partial charge on any atom is 0.142 e. The van der Waals surface area contributed by atoms with Crippen molar-refractivity contribution in [2.24, 2.45) is 17.8 Å². The highest BCUT2D eigenvalue weighted by atomic mass is 16.5. The van der Waals surface area contributed by atoms with Crippen LogP contribution in [0.5, 0.6) is 5.75 Å². The number of hydrogen-bond acceptors (Lipinski definition) is 2. The molecule has 0 aliphatic heterocycles. The molecule has 3 unspecified atom stereocenters. The van der Waals surface area contributed by atoms with E-state index in [4.69, 9.17) is 4.74 Å². The van der Waals surface area contributed by atoms with E-state index in [9.17, 15) is 0 Å². The second kappa shape index (κ2) is 7.72. The quantitative estimate of drug-likeness (QED) is 0.762. The lowest BCUT2D eigenvalue weighted by atomic mass is 9.74. The van der Waals surface area contributed by atoms with Crippen LogP contribution in [-0.2, 0) is 0 Å². The fraction of sp³-hybridized carbons (Fsp3) is 0.684. The summed E-state index contributed by atoms with van der Waals surface area (Å²) in [5.41, 5.74) is 1.16. The molecule has 3 atom stereocenters. The topological polar surface area (TPSA) is 21.3 Å². The third kappa shape index (κ3) is 4.39. The van der Waals surface area contributed by atoms with Crippen molar-refractivity contribution < 1.29 is 4.74 Å². The minimum atomic E-state index is 0.570. The Kier molecular flexibility index (Phi) is 5.96. The Hall–Kier alpha value is -1.18. The van der Waals surface area contributed by atoms with Crippen molar-refractivity contribution in [2.45, 2.75) is 59.4 Å². The molecule has 2 nitrogen and oxygen atoms in total. The molecule has 1 aliphatic rings. The average Bonchev–Trinajstić information content (AvgIpc) is 2.46. The highest BCUT2D eigenvalue weighted by molar-refractivity contribution is 5.56. The Balaban J connectivity index is 2.11. The molecule has 2 rings (SSSR count). The predicted molar refractivity (Wildman–Crippen MR) is 91.0 cm³/mol. The van der Waals surface area contributed by atoms with E-state index in [1.165, 1.54) is 19.3 Å². The molecule has 2 heteroatoms. The SMILES string of the molecule is CCCOc1ccccc1NC1CC(C)CCC1C(C)C. The molecule has 0 bridgehead atoms. The third-order valence-electron chi connectivity index (χ3n) is 4.71. The summed E-state index contributed by atoms with van der Waals surface area (Å²) in [7, 11) is 0. The Morgan fingerprint density at radius 2 is 2.00 bits per heavy atom. The first kappa shape index (κ1) is 16.2. The van der Waals surface area contributed by atoms with E-state index in [1.54, 1.807) is 0 Å². The van der Waals surface area contributed by atoms with Gasteiger partial charge in [0.2, 0.25) is 0 Å². The molecule has 1 aromatic carbocycles. The average molecular weight is 289 g/mol. The molecule has 0 saturated heterocycles. The highest BCUT2D eigenvalue weighted by Crippen LogP contribution is 2.36. The van der Waals surface area contributed by atoms with Gasteiger partial charge in [-0.2, -0.15) is 0 Å². The van der Waals surface area contributed by atoms with Crippen molar-refractivity contribution in [1.82, 2.24) is 0 Å². The van der Waals surface area contributed by atoms with Crippen molar-refractivity contribution in [3.05, 3.63) is 24.3 Å². The van der Waals surface area contributed by atoms with Crippen LogP contribution in [0.3, 0.4) is 0 Å². The van der Waals surface area contributed by atoms with Gasteiger partial charge < -0.3 is 10.1 Å². The standard InChI is InChI=1S/C19H31NO/c1-5-12-21-19-9-7-6-8-17(19)20-18-13-15(4)10-11-16(18)14(2)3/h6-9,14-16,18,20H,5,10-13H2,1-4H3. The summed E-state index contributed by atoms with van der Waals surface area (Å²) in [6.07, 6.45) is 5.03. The first-order valence-corrected chi connectivity index (χ1v) is 8.60. The summed E-state index contributed by atoms with van der Waals surface area (Å²) in [5, 5.41) is 3.80. The first-order valence-electron chi connectivity index (χ1n) is 8.60. The van der Waals surface area contributed by atoms with Gasteiger partial charge in [-0.3, -0.25) is 0 Å². The lowest BCUT2D eigenvalue weighted by molar-refractivity contribution is 0.211. The van der Waals surface area contributed by atoms with E-state index in [-0.39, 0.29) is 0 Å². The Bertz CT molecular complexity index is 429. The van der Waals surface area contributed by atoms with Gasteiger partial charge in [0.15, 0.2) is 0 Å². The van der Waals surface area contributed by atoms with E-state index in [1.807, 2.05) is 0 Å². The number of para-hydroxylation sites is 2. The lowest BCUT2D eigenvalue weighted by Crippen LogP contribution is -2.37. The van der Waals surface area contributed by atoms with Crippen molar-refractivity contribution >= 4 is 5.69 Å². The smallest absolute Gasteiger partial charge is 0.142 e. The molecule has 0 aromatic heterocycles. The number of rotatable bonds is 6. The van der Waals surface area contributed by atoms with E-state index < -0.39 is 0 Å². The summed E-state index contributed by atoms with van der Waals surface area (Å²) in [4.78, 5) is 0. The van der Waals surface area contributed by atoms with Gasteiger partial charge in [-0.15, -0.1) is 0 Å². The molecule has 118 valence electrons. The van der Waals surface area contributed by atoms with Gasteiger partial charge in [-0.25, -0.2) is 0 Å². The zero-order chi connectivity index (χ0) is 15.2. The van der Waals surface area contributed by atoms with Crippen LogP contribution < -0.4 is 10.1 Å². The van der Waals surface area contributed by atoms with Crippen molar-refractivity contribution in [3.63, 3.8) is 0 Å². The second-order valence-corrected chi connectivity index (χ2v) is 6.92. The minimum absolute atomic E-state index is 0.570. The van der Waals surface area contributed by atoms with Crippen LogP contribution >= 0.6 is 0 Å². The fourth-order valence-corrected chi connectivity index (χ4v) is 3.49. The van der Waals surface area contributed by atoms with Crippen molar-refractivity contribution in [3.8, 4) is 5.75 Å². The van der Waals surface area contributed by atoms with Gasteiger partial charge in [0.25, 0.3) is 0 Å². The molecule has 0 spiro atoms. The zero-order valence-electron chi connectivity index (χ0n) is 14.1. The van der Waals surface area contributed by atoms with Gasteiger partial charge in [0.1, 0.15) is 5.75 Å². The van der Waals surface area contributed by atoms with E-state index >= 15 is 0 Å². The summed E-state index contributed by atoms with van der Waals surface area (Å²) in [6.45, 7) is 10.0. The number of nitrogens with one attached hydrogen (secondary N) is 1. The monoisotopic (exact) mass is 289 g/mol. The number of anilines is 1. The summed E-state index contributed by atoms with van der Waals surface area (Å²) in [5.74, 6) is 3.32. The van der Waals surface area contributed by atoms with Crippen LogP contribution in [-0.4, -0.2) is 12.6 Å². The molecule has 1 N–H and O–H groups in total. The number of ether oxygens (including phenoxy) is 1. The van der Waals surface area contributed by atoms with Crippen LogP contribution in [0, 0.1) is 17.8 Å². The van der Waals surface area contributed by atoms with Crippen LogP contribution in [0.4, 0.5) is 5.69 Å². The molecule has 0 radical (unpaired) electrons. The Labute approximate surface area is 130 Å². The maximum atomic E-state index is 5.89. The largest absolute Gasteiger partial charge is 0.491 e. The van der Waals surface area contributed by atoms with Gasteiger partial charge >= 0.3 is 0 Å². The van der Waals surface area contributed by atoms with E-state index in [0.717, 1.165) is 42.2 Å². The van der Waals surface area contributed by atoms with Gasteiger partial charge in [-0.1, -0.05) is 46.2 Å². The number of hydrogen-bond donors (Lipinski definition) is 1.